The minimum absolute atomic E-state index is 0.00978. The van der Waals surface area contributed by atoms with E-state index in [2.05, 4.69) is 55.6 Å². The lowest BCUT2D eigenvalue weighted by Crippen LogP contribution is -2.45. The average Bonchev–Trinajstić information content (AvgIpc) is 3.47. The number of esters is 1. The zero-order valence-electron chi connectivity index (χ0n) is 54.8. The average molecular weight is 1140 g/mol. The second-order valence-corrected chi connectivity index (χ2v) is 25.3. The van der Waals surface area contributed by atoms with Gasteiger partial charge < -0.3 is 20.3 Å². The van der Waals surface area contributed by atoms with Crippen molar-refractivity contribution >= 4 is 11.9 Å². The summed E-state index contributed by atoms with van der Waals surface area (Å²) < 4.78 is 5.48. The molecule has 0 rings (SSSR count). The van der Waals surface area contributed by atoms with Crippen molar-refractivity contribution in [1.82, 2.24) is 5.32 Å². The number of ether oxygens (including phenoxy) is 1. The van der Waals surface area contributed by atoms with Gasteiger partial charge in [-0.1, -0.05) is 346 Å². The number of hydrogen-bond donors (Lipinski definition) is 3. The Labute approximate surface area is 506 Å². The van der Waals surface area contributed by atoms with Crippen molar-refractivity contribution in [3.05, 3.63) is 36.5 Å². The largest absolute Gasteiger partial charge is 0.466 e. The van der Waals surface area contributed by atoms with E-state index in [4.69, 9.17) is 4.74 Å². The lowest BCUT2D eigenvalue weighted by atomic mass is 10.0. The molecule has 3 N–H and O–H groups in total. The number of unbranched alkanes of at least 4 members (excludes halogenated alkanes) is 52. The van der Waals surface area contributed by atoms with Crippen molar-refractivity contribution in [2.24, 2.45) is 0 Å². The molecule has 2 atom stereocenters. The summed E-state index contributed by atoms with van der Waals surface area (Å²) in [6.07, 6.45) is 90.8. The van der Waals surface area contributed by atoms with Gasteiger partial charge in [-0.2, -0.15) is 0 Å². The fraction of sp³-hybridized carbons (Fsp3) is 0.893. The van der Waals surface area contributed by atoms with Crippen LogP contribution in [-0.2, 0) is 14.3 Å². The van der Waals surface area contributed by atoms with Crippen LogP contribution in [0.5, 0.6) is 0 Å². The van der Waals surface area contributed by atoms with E-state index in [1.807, 2.05) is 0 Å². The quantitative estimate of drug-likeness (QED) is 0.0320. The van der Waals surface area contributed by atoms with E-state index in [0.29, 0.717) is 25.9 Å². The fourth-order valence-electron chi connectivity index (χ4n) is 11.6. The molecule has 0 saturated carbocycles. The van der Waals surface area contributed by atoms with Crippen molar-refractivity contribution in [3.8, 4) is 0 Å². The normalized spacial score (nSPS) is 12.7. The van der Waals surface area contributed by atoms with Gasteiger partial charge in [0.2, 0.25) is 5.91 Å². The van der Waals surface area contributed by atoms with Gasteiger partial charge in [-0.05, 0) is 83.5 Å². The van der Waals surface area contributed by atoms with Gasteiger partial charge >= 0.3 is 5.97 Å². The number of aliphatic hydroxyl groups is 2. The lowest BCUT2D eigenvalue weighted by Gasteiger charge is -2.22. The van der Waals surface area contributed by atoms with Gasteiger partial charge in [0.25, 0.3) is 0 Å². The molecule has 0 aliphatic rings. The van der Waals surface area contributed by atoms with Gasteiger partial charge in [0.15, 0.2) is 0 Å². The van der Waals surface area contributed by atoms with Crippen LogP contribution in [0, 0.1) is 0 Å². The summed E-state index contributed by atoms with van der Waals surface area (Å²) >= 11 is 0. The summed E-state index contributed by atoms with van der Waals surface area (Å²) in [5.74, 6) is -0.0200. The zero-order valence-corrected chi connectivity index (χ0v) is 54.8. The van der Waals surface area contributed by atoms with Crippen LogP contribution < -0.4 is 5.32 Å². The summed E-state index contributed by atoms with van der Waals surface area (Å²) in [7, 11) is 0. The summed E-state index contributed by atoms with van der Waals surface area (Å²) in [5, 5.41) is 23.3. The predicted octanol–water partition coefficient (Wildman–Crippen LogP) is 23.9. The lowest BCUT2D eigenvalue weighted by molar-refractivity contribution is -0.143. The Morgan fingerprint density at radius 3 is 0.963 bits per heavy atom. The monoisotopic (exact) mass is 1140 g/mol. The third kappa shape index (κ3) is 67.1. The van der Waals surface area contributed by atoms with Gasteiger partial charge in [-0.15, -0.1) is 0 Å². The molecule has 0 radical (unpaired) electrons. The molecule has 0 aromatic rings. The van der Waals surface area contributed by atoms with Gasteiger partial charge in [0.1, 0.15) is 0 Å². The van der Waals surface area contributed by atoms with Crippen molar-refractivity contribution in [2.45, 2.75) is 418 Å². The highest BCUT2D eigenvalue weighted by molar-refractivity contribution is 5.76. The number of aliphatic hydroxyl groups excluding tert-OH is 2. The Bertz CT molecular complexity index is 1310. The van der Waals surface area contributed by atoms with E-state index in [9.17, 15) is 19.8 Å². The van der Waals surface area contributed by atoms with E-state index in [0.717, 1.165) is 51.4 Å². The molecule has 0 heterocycles. The highest BCUT2D eigenvalue weighted by atomic mass is 16.5. The number of carbonyl (C=O) groups excluding carboxylic acids is 2. The molecule has 0 aromatic heterocycles. The molecular formula is C75H143NO5. The molecule has 2 unspecified atom stereocenters. The molecule has 1 amide bonds. The van der Waals surface area contributed by atoms with Crippen LogP contribution in [-0.4, -0.2) is 47.4 Å². The Morgan fingerprint density at radius 2 is 0.617 bits per heavy atom. The van der Waals surface area contributed by atoms with Crippen LogP contribution in [0.3, 0.4) is 0 Å². The highest BCUT2D eigenvalue weighted by Crippen LogP contribution is 2.19. The van der Waals surface area contributed by atoms with E-state index in [1.54, 1.807) is 0 Å². The van der Waals surface area contributed by atoms with Crippen LogP contribution in [0.4, 0.5) is 0 Å². The first-order valence-corrected chi connectivity index (χ1v) is 36.7. The number of allylic oxidation sites excluding steroid dienone is 6. The summed E-state index contributed by atoms with van der Waals surface area (Å²) in [5.41, 5.74) is 0. The topological polar surface area (TPSA) is 95.9 Å². The third-order valence-corrected chi connectivity index (χ3v) is 17.2. The minimum Gasteiger partial charge on any atom is -0.466 e. The first-order valence-electron chi connectivity index (χ1n) is 36.7. The van der Waals surface area contributed by atoms with Crippen molar-refractivity contribution < 1.29 is 24.5 Å². The molecule has 0 fully saturated rings. The van der Waals surface area contributed by atoms with Gasteiger partial charge in [-0.25, -0.2) is 0 Å². The van der Waals surface area contributed by atoms with Crippen LogP contribution in [0.25, 0.3) is 0 Å². The standard InChI is InChI=1S/C75H143NO5/c1-3-5-7-9-11-13-15-17-44-47-51-55-59-63-67-73(78)72(71-77)76-74(79)68-64-60-56-52-48-45-41-39-37-35-33-31-29-27-25-23-21-19-18-20-22-24-26-28-30-32-34-36-38-40-42-46-50-54-58-62-66-70-81-75(80)69-65-61-57-53-49-43-16-14-12-10-8-6-4-2/h14,16,18,20,24,26,72-73,77-78H,3-13,15,17,19,21-23,25,27-71H2,1-2H3,(H,76,79)/b16-14-,20-18-,26-24-. The molecule has 0 aliphatic heterocycles. The first-order chi connectivity index (χ1) is 40.0. The summed E-state index contributed by atoms with van der Waals surface area (Å²) in [6.45, 7) is 4.96. The van der Waals surface area contributed by atoms with Crippen molar-refractivity contribution in [3.63, 3.8) is 0 Å². The smallest absolute Gasteiger partial charge is 0.305 e. The Morgan fingerprint density at radius 1 is 0.346 bits per heavy atom. The molecule has 6 heteroatoms. The highest BCUT2D eigenvalue weighted by Gasteiger charge is 2.20. The molecule has 6 nitrogen and oxygen atoms in total. The molecule has 81 heavy (non-hydrogen) atoms. The molecule has 0 spiro atoms. The first kappa shape index (κ1) is 79.1. The molecule has 0 aliphatic carbocycles. The number of rotatable bonds is 69. The Hall–Kier alpha value is -1.92. The van der Waals surface area contributed by atoms with E-state index < -0.39 is 12.1 Å². The van der Waals surface area contributed by atoms with E-state index in [1.165, 1.54) is 321 Å². The molecule has 0 bridgehead atoms. The van der Waals surface area contributed by atoms with Gasteiger partial charge in [0.05, 0.1) is 25.4 Å². The number of hydrogen-bond acceptors (Lipinski definition) is 5. The molecule has 478 valence electrons. The fourth-order valence-corrected chi connectivity index (χ4v) is 11.6. The van der Waals surface area contributed by atoms with Crippen molar-refractivity contribution in [1.29, 1.82) is 0 Å². The number of amides is 1. The maximum atomic E-state index is 12.5. The summed E-state index contributed by atoms with van der Waals surface area (Å²) in [4.78, 5) is 24.5. The van der Waals surface area contributed by atoms with Gasteiger partial charge in [0, 0.05) is 12.8 Å². The number of nitrogens with one attached hydrogen (secondary N) is 1. The van der Waals surface area contributed by atoms with Crippen LogP contribution >= 0.6 is 0 Å². The maximum absolute atomic E-state index is 12.5. The summed E-state index contributed by atoms with van der Waals surface area (Å²) in [6, 6.07) is -0.539. The maximum Gasteiger partial charge on any atom is 0.305 e. The molecule has 0 aromatic carbocycles. The molecular weight excluding hydrogens is 995 g/mol. The third-order valence-electron chi connectivity index (χ3n) is 17.2. The van der Waals surface area contributed by atoms with Crippen LogP contribution in [0.2, 0.25) is 0 Å². The van der Waals surface area contributed by atoms with Gasteiger partial charge in [-0.3, -0.25) is 9.59 Å². The number of carbonyl (C=O) groups is 2. The minimum atomic E-state index is -0.662. The zero-order chi connectivity index (χ0) is 58.5. The second kappa shape index (κ2) is 70.6. The SMILES string of the molecule is CCCCCC/C=C\CCCCCCCC(=O)OCCCCCCCCCCCCCCC/C=C\C/C=C\CCCCCCCCCCCCCCCCCCCC(=O)NC(CO)C(O)CCCCCCCCCCCCCCCC. The predicted molar refractivity (Wildman–Crippen MR) is 356 cm³/mol. The molecule has 0 saturated heterocycles. The van der Waals surface area contributed by atoms with Crippen LogP contribution in [0.15, 0.2) is 36.5 Å². The van der Waals surface area contributed by atoms with Crippen LogP contribution in [0.1, 0.15) is 406 Å². The van der Waals surface area contributed by atoms with E-state index in [-0.39, 0.29) is 18.5 Å². The Kier molecular flexibility index (Phi) is 68.9. The van der Waals surface area contributed by atoms with Crippen molar-refractivity contribution in [2.75, 3.05) is 13.2 Å². The van der Waals surface area contributed by atoms with E-state index >= 15 is 0 Å². The second-order valence-electron chi connectivity index (χ2n) is 25.3. The Balaban J connectivity index is 3.35.